The number of amides is 1. The summed E-state index contributed by atoms with van der Waals surface area (Å²) in [5.41, 5.74) is 0. The molecule has 0 radical (unpaired) electrons. The zero-order valence-electron chi connectivity index (χ0n) is 8.69. The molecule has 0 saturated heterocycles. The molecule has 0 saturated carbocycles. The number of hydrogen-bond acceptors (Lipinski definition) is 4. The lowest BCUT2D eigenvalue weighted by Gasteiger charge is -2.18. The number of rotatable bonds is 5. The Kier molecular flexibility index (Phi) is 5.74. The molecule has 1 amide bonds. The second-order valence-electron chi connectivity index (χ2n) is 2.64. The molecule has 1 N–H and O–H groups in total. The summed E-state index contributed by atoms with van der Waals surface area (Å²) in [5, 5.41) is 0. The summed E-state index contributed by atoms with van der Waals surface area (Å²) >= 11 is 0. The largest absolute Gasteiger partial charge is 0.452 e. The van der Waals surface area contributed by atoms with Crippen molar-refractivity contribution in [3.63, 3.8) is 0 Å². The molecule has 0 aromatic rings. The first-order valence-electron chi connectivity index (χ1n) is 4.27. The number of nitrogens with zero attached hydrogens (tertiary/aromatic N) is 1. The molecule has 0 spiro atoms. The molecule has 7 heteroatoms. The van der Waals surface area contributed by atoms with Crippen LogP contribution in [0, 0.1) is 12.3 Å². The van der Waals surface area contributed by atoms with Crippen molar-refractivity contribution in [1.29, 1.82) is 0 Å². The van der Waals surface area contributed by atoms with Gasteiger partial charge in [-0.2, -0.15) is 12.7 Å². The van der Waals surface area contributed by atoms with Crippen LogP contribution in [0.15, 0.2) is 0 Å². The van der Waals surface area contributed by atoms with Crippen LogP contribution in [-0.2, 0) is 14.9 Å². The maximum Gasteiger partial charge on any atom is 0.421 e. The monoisotopic (exact) mass is 234 g/mol. The highest BCUT2D eigenvalue weighted by Crippen LogP contribution is 1.99. The summed E-state index contributed by atoms with van der Waals surface area (Å²) < 4.78 is 29.9. The summed E-state index contributed by atoms with van der Waals surface area (Å²) in [7, 11) is -2.81. The van der Waals surface area contributed by atoms with Gasteiger partial charge in [0.15, 0.2) is 0 Å². The highest BCUT2D eigenvalue weighted by atomic mass is 32.2. The van der Waals surface area contributed by atoms with Crippen LogP contribution in [0.1, 0.15) is 13.3 Å². The van der Waals surface area contributed by atoms with E-state index in [2.05, 4.69) is 10.7 Å². The lowest BCUT2D eigenvalue weighted by Crippen LogP contribution is -2.44. The molecule has 0 aliphatic carbocycles. The Balaban J connectivity index is 4.65. The molecule has 0 heterocycles. The van der Waals surface area contributed by atoms with Gasteiger partial charge in [-0.15, -0.1) is 6.42 Å². The van der Waals surface area contributed by atoms with Crippen LogP contribution in [0.5, 0.6) is 0 Å². The Morgan fingerprint density at radius 1 is 1.60 bits per heavy atom. The fourth-order valence-corrected chi connectivity index (χ4v) is 1.94. The van der Waals surface area contributed by atoms with Gasteiger partial charge in [0.2, 0.25) is 0 Å². The summed E-state index contributed by atoms with van der Waals surface area (Å²) in [5.74, 6) is 2.20. The van der Waals surface area contributed by atoms with Gasteiger partial charge in [0.1, 0.15) is 0 Å². The van der Waals surface area contributed by atoms with Crippen molar-refractivity contribution in [1.82, 2.24) is 9.03 Å². The molecule has 86 valence electrons. The van der Waals surface area contributed by atoms with Gasteiger partial charge in [-0.25, -0.2) is 9.52 Å². The summed E-state index contributed by atoms with van der Waals surface area (Å²) in [6, 6.07) is 0. The lowest BCUT2D eigenvalue weighted by atomic mass is 10.5. The molecular formula is C8H14N2O4S. The van der Waals surface area contributed by atoms with Crippen LogP contribution in [-0.4, -0.2) is 39.0 Å². The predicted octanol–water partition coefficient (Wildman–Crippen LogP) is -0.0676. The minimum Gasteiger partial charge on any atom is -0.452 e. The third kappa shape index (κ3) is 4.67. The van der Waals surface area contributed by atoms with Gasteiger partial charge in [-0.05, 0) is 6.42 Å². The average molecular weight is 234 g/mol. The predicted molar refractivity (Wildman–Crippen MR) is 55.2 cm³/mol. The zero-order chi connectivity index (χ0) is 11.9. The number of nitrogens with one attached hydrogen (secondary N) is 1. The van der Waals surface area contributed by atoms with E-state index >= 15 is 0 Å². The Hall–Kier alpha value is -1.26. The molecule has 6 nitrogen and oxygen atoms in total. The number of carbonyl (C=O) groups excluding carboxylic acids is 1. The number of hydrogen-bond donors (Lipinski definition) is 1. The Morgan fingerprint density at radius 3 is 2.60 bits per heavy atom. The standard InChI is InChI=1S/C8H14N2O4S/c1-4-6-10(7-5-2)15(12,13)9-8(11)14-3/h1H,5-7H2,2-3H3,(H,9,11). The van der Waals surface area contributed by atoms with E-state index in [1.807, 2.05) is 0 Å². The number of terminal acetylenes is 1. The SMILES string of the molecule is C#CCN(CCC)S(=O)(=O)NC(=O)OC. The van der Waals surface area contributed by atoms with E-state index in [4.69, 9.17) is 6.42 Å². The molecule has 0 bridgehead atoms. The first-order chi connectivity index (χ1) is 6.97. The normalized spacial score (nSPS) is 10.8. The molecule has 0 aromatic heterocycles. The smallest absolute Gasteiger partial charge is 0.421 e. The Labute approximate surface area is 89.8 Å². The number of methoxy groups -OCH3 is 1. The van der Waals surface area contributed by atoms with Crippen LogP contribution in [0.3, 0.4) is 0 Å². The maximum absolute atomic E-state index is 11.5. The Morgan fingerprint density at radius 2 is 2.20 bits per heavy atom. The van der Waals surface area contributed by atoms with Gasteiger partial charge in [-0.1, -0.05) is 12.8 Å². The Bertz CT molecular complexity index is 344. The van der Waals surface area contributed by atoms with E-state index in [0.29, 0.717) is 6.42 Å². The van der Waals surface area contributed by atoms with Gasteiger partial charge in [0, 0.05) is 6.54 Å². The zero-order valence-corrected chi connectivity index (χ0v) is 9.50. The average Bonchev–Trinajstić information content (AvgIpc) is 2.16. The third-order valence-corrected chi connectivity index (χ3v) is 2.89. The summed E-state index contributed by atoms with van der Waals surface area (Å²) in [6.45, 7) is 1.97. The van der Waals surface area contributed by atoms with Crippen molar-refractivity contribution in [2.75, 3.05) is 20.2 Å². The van der Waals surface area contributed by atoms with Gasteiger partial charge in [-0.3, -0.25) is 0 Å². The minimum absolute atomic E-state index is 0.0832. The van der Waals surface area contributed by atoms with Crippen molar-refractivity contribution < 1.29 is 17.9 Å². The first-order valence-corrected chi connectivity index (χ1v) is 5.71. The lowest BCUT2D eigenvalue weighted by molar-refractivity contribution is 0.177. The molecular weight excluding hydrogens is 220 g/mol. The second kappa shape index (κ2) is 6.27. The minimum atomic E-state index is -3.89. The molecule has 0 fully saturated rings. The molecule has 15 heavy (non-hydrogen) atoms. The van der Waals surface area contributed by atoms with Gasteiger partial charge in [0.25, 0.3) is 0 Å². The van der Waals surface area contributed by atoms with Crippen molar-refractivity contribution >= 4 is 16.3 Å². The van der Waals surface area contributed by atoms with Crippen molar-refractivity contribution in [2.45, 2.75) is 13.3 Å². The van der Waals surface area contributed by atoms with Crippen LogP contribution in [0.4, 0.5) is 4.79 Å². The summed E-state index contributed by atoms with van der Waals surface area (Å²) in [4.78, 5) is 10.7. The van der Waals surface area contributed by atoms with Crippen molar-refractivity contribution in [3.05, 3.63) is 0 Å². The number of carbonyl (C=O) groups is 1. The highest BCUT2D eigenvalue weighted by molar-refractivity contribution is 7.87. The molecule has 0 rings (SSSR count). The van der Waals surface area contributed by atoms with Crippen molar-refractivity contribution in [2.24, 2.45) is 0 Å². The van der Waals surface area contributed by atoms with Crippen LogP contribution < -0.4 is 4.72 Å². The highest BCUT2D eigenvalue weighted by Gasteiger charge is 2.22. The molecule has 0 aliphatic rings. The third-order valence-electron chi connectivity index (χ3n) is 1.48. The van der Waals surface area contributed by atoms with E-state index in [1.54, 1.807) is 11.6 Å². The molecule has 0 atom stereocenters. The number of ether oxygens (including phenoxy) is 1. The quantitative estimate of drug-likeness (QED) is 0.676. The van der Waals surface area contributed by atoms with E-state index in [1.165, 1.54) is 0 Å². The van der Waals surface area contributed by atoms with E-state index in [-0.39, 0.29) is 13.1 Å². The fraction of sp³-hybridized carbons (Fsp3) is 0.625. The van der Waals surface area contributed by atoms with Gasteiger partial charge < -0.3 is 4.74 Å². The van der Waals surface area contributed by atoms with Crippen LogP contribution in [0.2, 0.25) is 0 Å². The topological polar surface area (TPSA) is 75.7 Å². The summed E-state index contributed by atoms with van der Waals surface area (Å²) in [6.07, 6.45) is 4.59. The van der Waals surface area contributed by atoms with E-state index in [9.17, 15) is 13.2 Å². The van der Waals surface area contributed by atoms with Gasteiger partial charge in [0.05, 0.1) is 13.7 Å². The van der Waals surface area contributed by atoms with Gasteiger partial charge >= 0.3 is 16.3 Å². The van der Waals surface area contributed by atoms with E-state index < -0.39 is 16.3 Å². The molecule has 0 unspecified atom stereocenters. The first kappa shape index (κ1) is 13.7. The van der Waals surface area contributed by atoms with Crippen molar-refractivity contribution in [3.8, 4) is 12.3 Å². The second-order valence-corrected chi connectivity index (χ2v) is 4.31. The maximum atomic E-state index is 11.5. The van der Waals surface area contributed by atoms with Crippen LogP contribution >= 0.6 is 0 Å². The molecule has 0 aliphatic heterocycles. The molecule has 0 aromatic carbocycles. The van der Waals surface area contributed by atoms with E-state index in [0.717, 1.165) is 11.4 Å². The van der Waals surface area contributed by atoms with Crippen LogP contribution in [0.25, 0.3) is 0 Å². The fourth-order valence-electron chi connectivity index (χ4n) is 0.847.